The van der Waals surface area contributed by atoms with E-state index < -0.39 is 0 Å². The number of halogens is 1. The zero-order chi connectivity index (χ0) is 13.2. The van der Waals surface area contributed by atoms with Crippen molar-refractivity contribution in [3.63, 3.8) is 0 Å². The van der Waals surface area contributed by atoms with E-state index in [2.05, 4.69) is 24.8 Å². The fourth-order valence-electron chi connectivity index (χ4n) is 2.85. The summed E-state index contributed by atoms with van der Waals surface area (Å²) in [4.78, 5) is 12.9. The third-order valence-corrected chi connectivity index (χ3v) is 3.88. The molecule has 1 aliphatic rings. The predicted molar refractivity (Wildman–Crippen MR) is 76.6 cm³/mol. The molecule has 0 saturated heterocycles. The Morgan fingerprint density at radius 1 is 1.32 bits per heavy atom. The number of fused-ring (bicyclic) bond motifs is 1. The minimum Gasteiger partial charge on any atom is -0.368 e. The summed E-state index contributed by atoms with van der Waals surface area (Å²) in [5.74, 6) is 0.792. The molecule has 0 atom stereocenters. The molecule has 0 spiro atoms. The molecule has 1 aliphatic carbocycles. The van der Waals surface area contributed by atoms with Crippen molar-refractivity contribution in [2.75, 3.05) is 11.9 Å². The third kappa shape index (κ3) is 2.39. The monoisotopic (exact) mass is 279 g/mol. The van der Waals surface area contributed by atoms with Crippen molar-refractivity contribution < 1.29 is 0 Å². The maximum absolute atomic E-state index is 5.94. The van der Waals surface area contributed by atoms with Gasteiger partial charge in [0.2, 0.25) is 5.28 Å². The van der Waals surface area contributed by atoms with Gasteiger partial charge in [-0.25, -0.2) is 4.98 Å². The van der Waals surface area contributed by atoms with E-state index in [4.69, 9.17) is 11.6 Å². The lowest BCUT2D eigenvalue weighted by Crippen LogP contribution is -2.13. The first-order chi connectivity index (χ1) is 9.29. The molecule has 2 aromatic heterocycles. The molecule has 2 aromatic rings. The first kappa shape index (κ1) is 12.7. The second kappa shape index (κ2) is 5.33. The smallest absolute Gasteiger partial charge is 0.226 e. The summed E-state index contributed by atoms with van der Waals surface area (Å²) in [7, 11) is 0. The fraction of sp³-hybridized carbons (Fsp3) is 0.615. The van der Waals surface area contributed by atoms with Crippen LogP contribution in [0.15, 0.2) is 6.33 Å². The van der Waals surface area contributed by atoms with Crippen molar-refractivity contribution in [1.82, 2.24) is 19.5 Å². The van der Waals surface area contributed by atoms with Gasteiger partial charge in [0.1, 0.15) is 5.52 Å². The normalized spacial score (nSPS) is 16.9. The van der Waals surface area contributed by atoms with E-state index in [1.54, 1.807) is 0 Å². The highest BCUT2D eigenvalue weighted by Crippen LogP contribution is 2.32. The summed E-state index contributed by atoms with van der Waals surface area (Å²) in [6.45, 7) is 2.85. The molecule has 0 unspecified atom stereocenters. The lowest BCUT2D eigenvalue weighted by molar-refractivity contribution is 0.359. The minimum atomic E-state index is 0.248. The van der Waals surface area contributed by atoms with Crippen LogP contribution in [0, 0.1) is 0 Å². The highest BCUT2D eigenvalue weighted by Gasteiger charge is 2.20. The van der Waals surface area contributed by atoms with Crippen molar-refractivity contribution in [3.8, 4) is 0 Å². The predicted octanol–water partition coefficient (Wildman–Crippen LogP) is 3.42. The molecular formula is C13H18ClN5. The first-order valence-corrected chi connectivity index (χ1v) is 7.31. The van der Waals surface area contributed by atoms with Crippen LogP contribution in [0.5, 0.6) is 0 Å². The van der Waals surface area contributed by atoms with Crippen LogP contribution in [0.2, 0.25) is 5.28 Å². The van der Waals surface area contributed by atoms with Crippen LogP contribution in [0.3, 0.4) is 0 Å². The van der Waals surface area contributed by atoms with E-state index >= 15 is 0 Å². The first-order valence-electron chi connectivity index (χ1n) is 6.93. The molecule has 3 rings (SSSR count). The van der Waals surface area contributed by atoms with E-state index in [9.17, 15) is 0 Å². The van der Waals surface area contributed by atoms with E-state index in [1.807, 2.05) is 13.3 Å². The maximum atomic E-state index is 5.94. The van der Waals surface area contributed by atoms with Crippen molar-refractivity contribution in [1.29, 1.82) is 0 Å². The number of nitrogens with one attached hydrogen (secondary N) is 1. The summed E-state index contributed by atoms with van der Waals surface area (Å²) in [6.07, 6.45) is 8.21. The second-order valence-corrected chi connectivity index (χ2v) is 5.33. The highest BCUT2D eigenvalue weighted by molar-refractivity contribution is 6.28. The van der Waals surface area contributed by atoms with Crippen molar-refractivity contribution >= 4 is 28.6 Å². The Balaban J connectivity index is 2.09. The van der Waals surface area contributed by atoms with Gasteiger partial charge in [0.05, 0.1) is 6.33 Å². The molecule has 0 amide bonds. The Kier molecular flexibility index (Phi) is 3.55. The second-order valence-electron chi connectivity index (χ2n) is 4.99. The van der Waals surface area contributed by atoms with Crippen LogP contribution in [0.4, 0.5) is 5.82 Å². The van der Waals surface area contributed by atoms with Gasteiger partial charge in [0, 0.05) is 12.6 Å². The van der Waals surface area contributed by atoms with Gasteiger partial charge in [-0.2, -0.15) is 9.97 Å². The molecule has 0 bridgehead atoms. The zero-order valence-corrected chi connectivity index (χ0v) is 11.8. The van der Waals surface area contributed by atoms with Crippen LogP contribution in [-0.4, -0.2) is 26.1 Å². The van der Waals surface area contributed by atoms with Gasteiger partial charge in [-0.05, 0) is 31.4 Å². The maximum Gasteiger partial charge on any atom is 0.226 e. The molecule has 5 nitrogen and oxygen atoms in total. The van der Waals surface area contributed by atoms with Crippen LogP contribution in [-0.2, 0) is 0 Å². The molecule has 6 heteroatoms. The number of anilines is 1. The van der Waals surface area contributed by atoms with Gasteiger partial charge in [0.25, 0.3) is 0 Å². The van der Waals surface area contributed by atoms with Gasteiger partial charge < -0.3 is 9.88 Å². The Hall–Kier alpha value is -1.36. The number of nitrogens with zero attached hydrogens (tertiary/aromatic N) is 4. The lowest BCUT2D eigenvalue weighted by atomic mass is 9.95. The molecular weight excluding hydrogens is 262 g/mol. The van der Waals surface area contributed by atoms with Crippen molar-refractivity contribution in [2.24, 2.45) is 0 Å². The Morgan fingerprint density at radius 3 is 2.84 bits per heavy atom. The number of imidazole rings is 1. The highest BCUT2D eigenvalue weighted by atomic mass is 35.5. The van der Waals surface area contributed by atoms with Gasteiger partial charge in [0.15, 0.2) is 11.5 Å². The minimum absolute atomic E-state index is 0.248. The molecule has 0 aliphatic heterocycles. The van der Waals surface area contributed by atoms with Crippen LogP contribution in [0.1, 0.15) is 45.1 Å². The summed E-state index contributed by atoms with van der Waals surface area (Å²) in [5.41, 5.74) is 1.67. The summed E-state index contributed by atoms with van der Waals surface area (Å²) in [6, 6.07) is 0.515. The molecule has 1 N–H and O–H groups in total. The molecule has 19 heavy (non-hydrogen) atoms. The van der Waals surface area contributed by atoms with Gasteiger partial charge >= 0.3 is 0 Å². The number of hydrogen-bond donors (Lipinski definition) is 1. The lowest BCUT2D eigenvalue weighted by Gasteiger charge is -2.24. The van der Waals surface area contributed by atoms with E-state index in [1.165, 1.54) is 32.1 Å². The largest absolute Gasteiger partial charge is 0.368 e. The van der Waals surface area contributed by atoms with Crippen molar-refractivity contribution in [3.05, 3.63) is 11.6 Å². The van der Waals surface area contributed by atoms with E-state index in [0.717, 1.165) is 17.9 Å². The number of hydrogen-bond acceptors (Lipinski definition) is 4. The van der Waals surface area contributed by atoms with Crippen molar-refractivity contribution in [2.45, 2.75) is 45.1 Å². The number of rotatable bonds is 3. The SMILES string of the molecule is CCNc1nc(Cl)nc2ncn(C3CCCCC3)c12. The zero-order valence-electron chi connectivity index (χ0n) is 11.1. The van der Waals surface area contributed by atoms with Gasteiger partial charge in [-0.3, -0.25) is 0 Å². The van der Waals surface area contributed by atoms with Crippen LogP contribution < -0.4 is 5.32 Å². The van der Waals surface area contributed by atoms with Crippen LogP contribution in [0.25, 0.3) is 11.2 Å². The van der Waals surface area contributed by atoms with E-state index in [-0.39, 0.29) is 5.28 Å². The number of aromatic nitrogens is 4. The topological polar surface area (TPSA) is 55.6 Å². The standard InChI is InChI=1S/C13H18ClN5/c1-2-15-11-10-12(18-13(14)17-11)16-8-19(10)9-6-4-3-5-7-9/h8-9H,2-7H2,1H3,(H,15,17,18). The molecule has 0 radical (unpaired) electrons. The third-order valence-electron chi connectivity index (χ3n) is 3.71. The van der Waals surface area contributed by atoms with E-state index in [0.29, 0.717) is 11.7 Å². The Morgan fingerprint density at radius 2 is 2.11 bits per heavy atom. The van der Waals surface area contributed by atoms with Gasteiger partial charge in [-0.1, -0.05) is 19.3 Å². The molecule has 2 heterocycles. The summed E-state index contributed by atoms with van der Waals surface area (Å²) < 4.78 is 2.23. The van der Waals surface area contributed by atoms with Crippen LogP contribution >= 0.6 is 11.6 Å². The average Bonchev–Trinajstić information content (AvgIpc) is 2.84. The Labute approximate surface area is 117 Å². The summed E-state index contributed by atoms with van der Waals surface area (Å²) in [5, 5.41) is 3.51. The quantitative estimate of drug-likeness (QED) is 0.875. The summed E-state index contributed by atoms with van der Waals surface area (Å²) >= 11 is 5.94. The van der Waals surface area contributed by atoms with Gasteiger partial charge in [-0.15, -0.1) is 0 Å². The fourth-order valence-corrected chi connectivity index (χ4v) is 3.01. The molecule has 0 aromatic carbocycles. The molecule has 102 valence electrons. The molecule has 1 saturated carbocycles. The average molecular weight is 280 g/mol. The molecule has 1 fully saturated rings. The Bertz CT molecular complexity index is 574.